The quantitative estimate of drug-likeness (QED) is 0.148. The molecular weight excluding hydrogens is 614 g/mol. The Balaban J connectivity index is 1.40. The molecule has 11 nitrogen and oxygen atoms in total. The third-order valence-corrected chi connectivity index (χ3v) is 9.92. The number of nitrogens with one attached hydrogen (secondary N) is 1. The molecule has 0 radical (unpaired) electrons. The molecule has 1 saturated carbocycles. The van der Waals surface area contributed by atoms with Gasteiger partial charge in [0.25, 0.3) is 5.91 Å². The molecule has 250 valence electrons. The van der Waals surface area contributed by atoms with Crippen molar-refractivity contribution in [3.05, 3.63) is 99.8 Å². The number of phenols is 1. The van der Waals surface area contributed by atoms with Gasteiger partial charge in [-0.15, -0.1) is 0 Å². The maximum atomic E-state index is 14.2. The number of aromatic hydroxyl groups is 1. The first-order valence-electron chi connectivity index (χ1n) is 15.8. The summed E-state index contributed by atoms with van der Waals surface area (Å²) in [5.41, 5.74) is 5.88. The van der Waals surface area contributed by atoms with Gasteiger partial charge in [-0.05, 0) is 86.3 Å². The summed E-state index contributed by atoms with van der Waals surface area (Å²) in [6.07, 6.45) is 1.04. The lowest BCUT2D eigenvalue weighted by atomic mass is 9.57. The number of methoxy groups -OCH3 is 1. The molecule has 1 amide bonds. The normalized spacial score (nSPS) is 23.6. The van der Waals surface area contributed by atoms with Crippen LogP contribution in [0, 0.1) is 11.8 Å². The highest BCUT2D eigenvalue weighted by molar-refractivity contribution is 6.24. The number of nitrogens with zero attached hydrogens (tertiary/aromatic N) is 1. The van der Waals surface area contributed by atoms with E-state index >= 15 is 0 Å². The number of rotatable bonds is 9. The molecule has 1 fully saturated rings. The van der Waals surface area contributed by atoms with Crippen molar-refractivity contribution < 1.29 is 39.5 Å². The maximum absolute atomic E-state index is 14.2. The van der Waals surface area contributed by atoms with Crippen molar-refractivity contribution in [2.45, 2.75) is 37.5 Å². The van der Waals surface area contributed by atoms with Gasteiger partial charge >= 0.3 is 0 Å². The largest absolute Gasteiger partial charge is 0.508 e. The zero-order valence-electron chi connectivity index (χ0n) is 27.0. The number of hydrogen-bond acceptors (Lipinski definition) is 10. The third kappa shape index (κ3) is 5.24. The van der Waals surface area contributed by atoms with E-state index in [4.69, 9.17) is 10.5 Å². The lowest BCUT2D eigenvalue weighted by Crippen LogP contribution is -2.65. The molecule has 3 aromatic carbocycles. The molecule has 11 heteroatoms. The minimum absolute atomic E-state index is 0.00334. The Labute approximate surface area is 278 Å². The predicted octanol–water partition coefficient (Wildman–Crippen LogP) is 2.97. The Kier molecular flexibility index (Phi) is 8.63. The highest BCUT2D eigenvalue weighted by atomic mass is 16.5. The van der Waals surface area contributed by atoms with Crippen LogP contribution in [-0.2, 0) is 33.8 Å². The number of aliphatic hydroxyl groups is 3. The first kappa shape index (κ1) is 33.0. The van der Waals surface area contributed by atoms with Crippen LogP contribution in [0.3, 0.4) is 0 Å². The number of carbonyl (C=O) groups excluding carboxylic acids is 3. The van der Waals surface area contributed by atoms with E-state index in [1.807, 2.05) is 36.4 Å². The minimum atomic E-state index is -2.69. The van der Waals surface area contributed by atoms with Gasteiger partial charge in [0, 0.05) is 23.6 Å². The van der Waals surface area contributed by atoms with Crippen molar-refractivity contribution in [3.8, 4) is 22.6 Å². The van der Waals surface area contributed by atoms with Gasteiger partial charge in [-0.25, -0.2) is 0 Å². The highest BCUT2D eigenvalue weighted by Gasteiger charge is 2.64. The summed E-state index contributed by atoms with van der Waals surface area (Å²) in [6, 6.07) is 18.0. The van der Waals surface area contributed by atoms with Crippen LogP contribution in [0.2, 0.25) is 0 Å². The number of ether oxygens (including phenoxy) is 1. The number of carbonyl (C=O) groups is 3. The Bertz CT molecular complexity index is 1880. The number of amides is 1. The van der Waals surface area contributed by atoms with Gasteiger partial charge in [-0.1, -0.05) is 42.5 Å². The first-order chi connectivity index (χ1) is 22.9. The lowest BCUT2D eigenvalue weighted by molar-refractivity contribution is -0.153. The number of fused-ring (bicyclic) bond motifs is 3. The average Bonchev–Trinajstić information content (AvgIpc) is 3.05. The molecular formula is C37H39N3O8. The van der Waals surface area contributed by atoms with Crippen LogP contribution in [0.5, 0.6) is 11.5 Å². The van der Waals surface area contributed by atoms with E-state index in [1.165, 1.54) is 16.5 Å². The first-order valence-corrected chi connectivity index (χ1v) is 15.8. The topological polar surface area (TPSA) is 183 Å². The standard InChI is InChI=1S/C37H39N3O8/c1-40(2)31-25-17-21-16-24-22(23-15-20(9-12-27(23)48-3)18-39-14-13-19-7-5-4-6-8-19)10-11-26(41)29(24)32(42)28(21)34(44)37(25,47)35(45)30(33(31)43)36(38)46/h4-12,15,21,25,31,39,41-42,45,47H,13-14,16-18H2,1-3H3,(H2,38,46)/t21-,25-,31-,37-/m1/s1. The van der Waals surface area contributed by atoms with Crippen molar-refractivity contribution in [3.63, 3.8) is 0 Å². The minimum Gasteiger partial charge on any atom is -0.508 e. The number of Topliss-reactive ketones (excluding diaryl/α,β-unsaturated/α-hetero) is 2. The van der Waals surface area contributed by atoms with Gasteiger partial charge in [-0.3, -0.25) is 19.3 Å². The number of nitrogens with two attached hydrogens (primary N) is 1. The fraction of sp³-hybridized carbons (Fsp3) is 0.324. The summed E-state index contributed by atoms with van der Waals surface area (Å²) in [4.78, 5) is 41.3. The predicted molar refractivity (Wildman–Crippen MR) is 178 cm³/mol. The van der Waals surface area contributed by atoms with Gasteiger partial charge in [0.05, 0.1) is 18.7 Å². The second-order valence-corrected chi connectivity index (χ2v) is 12.9. The fourth-order valence-corrected chi connectivity index (χ4v) is 7.68. The second-order valence-electron chi connectivity index (χ2n) is 12.9. The number of ketones is 2. The fourth-order valence-electron chi connectivity index (χ4n) is 7.68. The number of likely N-dealkylation sites (N-methyl/N-ethyl adjacent to an activating group) is 1. The van der Waals surface area contributed by atoms with E-state index in [-0.39, 0.29) is 29.7 Å². The number of primary amides is 1. The Morgan fingerprint density at radius 2 is 1.75 bits per heavy atom. The van der Waals surface area contributed by atoms with Crippen LogP contribution in [0.25, 0.3) is 16.9 Å². The van der Waals surface area contributed by atoms with Crippen LogP contribution in [0.15, 0.2) is 77.6 Å². The summed E-state index contributed by atoms with van der Waals surface area (Å²) in [7, 11) is 4.69. The molecule has 3 aliphatic rings. The molecule has 3 aliphatic carbocycles. The number of phenolic OH excluding ortho intramolecular Hbond substituents is 1. The Morgan fingerprint density at radius 3 is 2.42 bits per heavy atom. The lowest BCUT2D eigenvalue weighted by Gasteiger charge is -2.50. The molecule has 0 aliphatic heterocycles. The summed E-state index contributed by atoms with van der Waals surface area (Å²) >= 11 is 0. The molecule has 4 atom stereocenters. The molecule has 0 bridgehead atoms. The van der Waals surface area contributed by atoms with E-state index in [2.05, 4.69) is 17.4 Å². The SMILES string of the molecule is COc1ccc(CNCCc2ccccc2)cc1-c1ccc(O)c2c1C[C@@H]1C[C@@H]3[C@@H](N(C)C)C(=O)C(C(N)=O)=C(O)[C@]3(O)C(=O)C1=C2O. The van der Waals surface area contributed by atoms with Crippen molar-refractivity contribution in [1.82, 2.24) is 10.2 Å². The molecule has 0 spiro atoms. The summed E-state index contributed by atoms with van der Waals surface area (Å²) in [5.74, 6) is -6.33. The van der Waals surface area contributed by atoms with E-state index in [1.54, 1.807) is 27.3 Å². The van der Waals surface area contributed by atoms with Crippen molar-refractivity contribution in [1.29, 1.82) is 0 Å². The third-order valence-electron chi connectivity index (χ3n) is 9.92. The molecule has 0 heterocycles. The second kappa shape index (κ2) is 12.6. The zero-order chi connectivity index (χ0) is 34.5. The van der Waals surface area contributed by atoms with E-state index in [0.717, 1.165) is 24.1 Å². The van der Waals surface area contributed by atoms with E-state index < -0.39 is 58.0 Å². The van der Waals surface area contributed by atoms with Gasteiger partial charge in [0.1, 0.15) is 28.6 Å². The maximum Gasteiger partial charge on any atom is 0.255 e. The van der Waals surface area contributed by atoms with Crippen LogP contribution in [0.1, 0.15) is 28.7 Å². The molecule has 48 heavy (non-hydrogen) atoms. The smallest absolute Gasteiger partial charge is 0.255 e. The molecule has 0 unspecified atom stereocenters. The summed E-state index contributed by atoms with van der Waals surface area (Å²) in [6.45, 7) is 1.35. The number of aliphatic hydroxyl groups excluding tert-OH is 2. The van der Waals surface area contributed by atoms with Crippen LogP contribution >= 0.6 is 0 Å². The van der Waals surface area contributed by atoms with Gasteiger partial charge in [-0.2, -0.15) is 0 Å². The van der Waals surface area contributed by atoms with Crippen molar-refractivity contribution in [2.75, 3.05) is 27.7 Å². The number of hydrogen-bond donors (Lipinski definition) is 6. The average molecular weight is 654 g/mol. The molecule has 0 saturated heterocycles. The van der Waals surface area contributed by atoms with E-state index in [0.29, 0.717) is 23.4 Å². The monoisotopic (exact) mass is 653 g/mol. The molecule has 0 aromatic heterocycles. The van der Waals surface area contributed by atoms with Gasteiger partial charge in [0.2, 0.25) is 5.78 Å². The Hall–Kier alpha value is -4.97. The van der Waals surface area contributed by atoms with Crippen LogP contribution in [0.4, 0.5) is 0 Å². The summed E-state index contributed by atoms with van der Waals surface area (Å²) in [5, 5.41) is 49.1. The molecule has 7 N–H and O–H groups in total. The Morgan fingerprint density at radius 1 is 1.02 bits per heavy atom. The molecule has 6 rings (SSSR count). The summed E-state index contributed by atoms with van der Waals surface area (Å²) < 4.78 is 5.73. The van der Waals surface area contributed by atoms with E-state index in [9.17, 15) is 34.8 Å². The number of benzene rings is 3. The van der Waals surface area contributed by atoms with Crippen molar-refractivity contribution >= 4 is 23.2 Å². The van der Waals surface area contributed by atoms with Crippen molar-refractivity contribution in [2.24, 2.45) is 17.6 Å². The van der Waals surface area contributed by atoms with Gasteiger partial charge < -0.3 is 36.2 Å². The van der Waals surface area contributed by atoms with Crippen LogP contribution < -0.4 is 15.8 Å². The van der Waals surface area contributed by atoms with Crippen LogP contribution in [-0.4, -0.2) is 82.2 Å². The van der Waals surface area contributed by atoms with Gasteiger partial charge in [0.15, 0.2) is 11.4 Å². The molecule has 3 aromatic rings. The zero-order valence-corrected chi connectivity index (χ0v) is 27.0. The highest BCUT2D eigenvalue weighted by Crippen LogP contribution is 2.54.